The molecule has 0 amide bonds. The molecule has 0 spiro atoms. The van der Waals surface area contributed by atoms with Crippen LogP contribution in [0.3, 0.4) is 0 Å². The van der Waals surface area contributed by atoms with E-state index in [4.69, 9.17) is 0 Å². The third kappa shape index (κ3) is 2.14. The summed E-state index contributed by atoms with van der Waals surface area (Å²) in [7, 11) is 0. The Labute approximate surface area is 95.1 Å². The normalized spacial score (nSPS) is 41.3. The summed E-state index contributed by atoms with van der Waals surface area (Å²) in [5.74, 6) is 4.69. The summed E-state index contributed by atoms with van der Waals surface area (Å²) in [5, 5.41) is 0. The van der Waals surface area contributed by atoms with Gasteiger partial charge in [0, 0.05) is 0 Å². The van der Waals surface area contributed by atoms with Crippen LogP contribution in [0.15, 0.2) is 11.6 Å². The Kier molecular flexibility index (Phi) is 3.23. The molecule has 2 rings (SSSR count). The molecule has 2 aliphatic rings. The minimum Gasteiger partial charge on any atom is -0.0819 e. The molecule has 0 aromatic heterocycles. The minimum absolute atomic E-state index is 0.868. The van der Waals surface area contributed by atoms with Crippen LogP contribution in [-0.4, -0.2) is 0 Å². The highest BCUT2D eigenvalue weighted by molar-refractivity contribution is 5.10. The van der Waals surface area contributed by atoms with Crippen LogP contribution >= 0.6 is 0 Å². The van der Waals surface area contributed by atoms with Crippen molar-refractivity contribution in [2.24, 2.45) is 29.6 Å². The van der Waals surface area contributed by atoms with Crippen molar-refractivity contribution in [2.45, 2.75) is 53.4 Å². The van der Waals surface area contributed by atoms with Crippen molar-refractivity contribution in [3.63, 3.8) is 0 Å². The van der Waals surface area contributed by atoms with Crippen molar-refractivity contribution in [3.8, 4) is 0 Å². The molecule has 0 radical (unpaired) electrons. The predicted molar refractivity (Wildman–Crippen MR) is 66.7 cm³/mol. The van der Waals surface area contributed by atoms with E-state index in [1.807, 2.05) is 0 Å². The van der Waals surface area contributed by atoms with Crippen LogP contribution in [0.4, 0.5) is 0 Å². The van der Waals surface area contributed by atoms with E-state index in [-0.39, 0.29) is 0 Å². The molecule has 2 aliphatic carbocycles. The van der Waals surface area contributed by atoms with Crippen molar-refractivity contribution in [2.75, 3.05) is 0 Å². The van der Waals surface area contributed by atoms with Crippen molar-refractivity contribution < 1.29 is 0 Å². The van der Waals surface area contributed by atoms with Gasteiger partial charge in [-0.05, 0) is 55.8 Å². The second kappa shape index (κ2) is 4.31. The van der Waals surface area contributed by atoms with Gasteiger partial charge in [0.15, 0.2) is 0 Å². The highest BCUT2D eigenvalue weighted by atomic mass is 14.4. The maximum Gasteiger partial charge on any atom is -0.0169 e. The Hall–Kier alpha value is -0.260. The van der Waals surface area contributed by atoms with Gasteiger partial charge >= 0.3 is 0 Å². The monoisotopic (exact) mass is 206 g/mol. The molecule has 0 saturated heterocycles. The number of allylic oxidation sites excluding steroid dienone is 2. The van der Waals surface area contributed by atoms with Gasteiger partial charge in [0.05, 0.1) is 0 Å². The van der Waals surface area contributed by atoms with Gasteiger partial charge in [0.25, 0.3) is 0 Å². The molecule has 0 N–H and O–H groups in total. The maximum absolute atomic E-state index is 2.62. The van der Waals surface area contributed by atoms with E-state index in [0.29, 0.717) is 0 Å². The molecule has 0 aromatic carbocycles. The average Bonchev–Trinajstić information content (AvgIpc) is 2.17. The first-order chi connectivity index (χ1) is 7.09. The zero-order chi connectivity index (χ0) is 11.0. The van der Waals surface area contributed by atoms with Crippen LogP contribution in [0.2, 0.25) is 0 Å². The standard InChI is InChI=1S/C15H26/c1-10(2)13-8-6-12(4)14-7-5-11(3)9-15(13)14/h9-10,12-15H,5-8H2,1-4H3/t12-,13?,14+,15-/m0/s1. The Bertz CT molecular complexity index is 249. The van der Waals surface area contributed by atoms with E-state index in [1.165, 1.54) is 25.7 Å². The lowest BCUT2D eigenvalue weighted by Gasteiger charge is -2.45. The summed E-state index contributed by atoms with van der Waals surface area (Å²) in [6.07, 6.45) is 8.36. The maximum atomic E-state index is 2.62. The quantitative estimate of drug-likeness (QED) is 0.547. The lowest BCUT2D eigenvalue weighted by Crippen LogP contribution is -2.36. The van der Waals surface area contributed by atoms with Crippen LogP contribution in [-0.2, 0) is 0 Å². The summed E-state index contributed by atoms with van der Waals surface area (Å²) < 4.78 is 0. The molecule has 0 aliphatic heterocycles. The molecule has 86 valence electrons. The molecular formula is C15H26. The molecular weight excluding hydrogens is 180 g/mol. The fourth-order valence-corrected chi connectivity index (χ4v) is 3.87. The summed E-state index contributed by atoms with van der Waals surface area (Å²) >= 11 is 0. The second-order valence-electron chi connectivity index (χ2n) is 6.26. The largest absolute Gasteiger partial charge is 0.0819 e. The van der Waals surface area contributed by atoms with Crippen molar-refractivity contribution in [1.82, 2.24) is 0 Å². The van der Waals surface area contributed by atoms with Gasteiger partial charge in [0.2, 0.25) is 0 Å². The molecule has 1 saturated carbocycles. The van der Waals surface area contributed by atoms with Crippen molar-refractivity contribution in [1.29, 1.82) is 0 Å². The molecule has 0 heteroatoms. The summed E-state index contributed by atoms with van der Waals surface area (Å²) in [4.78, 5) is 0. The predicted octanol–water partition coefficient (Wildman–Crippen LogP) is 4.66. The smallest absolute Gasteiger partial charge is 0.0169 e. The lowest BCUT2D eigenvalue weighted by atomic mass is 9.60. The Morgan fingerprint density at radius 3 is 2.60 bits per heavy atom. The van der Waals surface area contributed by atoms with Gasteiger partial charge in [-0.25, -0.2) is 0 Å². The Morgan fingerprint density at radius 1 is 1.20 bits per heavy atom. The first-order valence-corrected chi connectivity index (χ1v) is 6.77. The molecule has 0 heterocycles. The number of hydrogen-bond donors (Lipinski definition) is 0. The van der Waals surface area contributed by atoms with Gasteiger partial charge in [-0.1, -0.05) is 38.8 Å². The highest BCUT2D eigenvalue weighted by Gasteiger charge is 2.38. The van der Waals surface area contributed by atoms with Gasteiger partial charge in [-0.2, -0.15) is 0 Å². The molecule has 4 atom stereocenters. The van der Waals surface area contributed by atoms with Crippen LogP contribution < -0.4 is 0 Å². The second-order valence-corrected chi connectivity index (χ2v) is 6.26. The fraction of sp³-hybridized carbons (Fsp3) is 0.867. The van der Waals surface area contributed by atoms with Crippen molar-refractivity contribution >= 4 is 0 Å². The zero-order valence-corrected chi connectivity index (χ0v) is 10.8. The van der Waals surface area contributed by atoms with Crippen LogP contribution in [0.25, 0.3) is 0 Å². The minimum atomic E-state index is 0.868. The molecule has 0 nitrogen and oxygen atoms in total. The Morgan fingerprint density at radius 2 is 1.93 bits per heavy atom. The van der Waals surface area contributed by atoms with E-state index in [0.717, 1.165) is 29.6 Å². The van der Waals surface area contributed by atoms with E-state index in [9.17, 15) is 0 Å². The van der Waals surface area contributed by atoms with Crippen LogP contribution in [0, 0.1) is 29.6 Å². The number of hydrogen-bond acceptors (Lipinski definition) is 0. The molecule has 15 heavy (non-hydrogen) atoms. The van der Waals surface area contributed by atoms with E-state index >= 15 is 0 Å². The van der Waals surface area contributed by atoms with Gasteiger partial charge < -0.3 is 0 Å². The highest BCUT2D eigenvalue weighted by Crippen LogP contribution is 2.47. The fourth-order valence-electron chi connectivity index (χ4n) is 3.87. The third-order valence-electron chi connectivity index (χ3n) is 4.88. The topological polar surface area (TPSA) is 0 Å². The first-order valence-electron chi connectivity index (χ1n) is 6.77. The van der Waals surface area contributed by atoms with Gasteiger partial charge in [-0.15, -0.1) is 0 Å². The summed E-state index contributed by atoms with van der Waals surface area (Å²) in [6.45, 7) is 9.63. The van der Waals surface area contributed by atoms with Gasteiger partial charge in [0.1, 0.15) is 0 Å². The van der Waals surface area contributed by atoms with Crippen LogP contribution in [0.5, 0.6) is 0 Å². The van der Waals surface area contributed by atoms with E-state index in [1.54, 1.807) is 5.57 Å². The molecule has 0 aromatic rings. The third-order valence-corrected chi connectivity index (χ3v) is 4.88. The van der Waals surface area contributed by atoms with Crippen molar-refractivity contribution in [3.05, 3.63) is 11.6 Å². The first kappa shape index (κ1) is 11.2. The Balaban J connectivity index is 2.20. The van der Waals surface area contributed by atoms with E-state index in [2.05, 4.69) is 33.8 Å². The lowest BCUT2D eigenvalue weighted by molar-refractivity contribution is 0.0882. The zero-order valence-electron chi connectivity index (χ0n) is 10.8. The number of fused-ring (bicyclic) bond motifs is 1. The summed E-state index contributed by atoms with van der Waals surface area (Å²) in [5.41, 5.74) is 1.65. The average molecular weight is 206 g/mol. The van der Waals surface area contributed by atoms with Crippen LogP contribution in [0.1, 0.15) is 53.4 Å². The van der Waals surface area contributed by atoms with Gasteiger partial charge in [-0.3, -0.25) is 0 Å². The SMILES string of the molecule is CC1=C[C@H]2C(C(C)C)CC[C@H](C)[C@H]2CC1. The molecule has 1 fully saturated rings. The molecule has 1 unspecified atom stereocenters. The van der Waals surface area contributed by atoms with E-state index < -0.39 is 0 Å². The summed E-state index contributed by atoms with van der Waals surface area (Å²) in [6, 6.07) is 0. The number of rotatable bonds is 1. The molecule has 0 bridgehead atoms.